The molecule has 0 radical (unpaired) electrons. The van der Waals surface area contributed by atoms with Crippen LogP contribution in [-0.4, -0.2) is 37.2 Å². The Labute approximate surface area is 108 Å². The van der Waals surface area contributed by atoms with E-state index in [-0.39, 0.29) is 12.5 Å². The number of ether oxygens (including phenoxy) is 1. The fraction of sp³-hybridized carbons (Fsp3) is 0.538. The minimum atomic E-state index is -0.158. The lowest BCUT2D eigenvalue weighted by Gasteiger charge is -2.19. The predicted molar refractivity (Wildman–Crippen MR) is 72.9 cm³/mol. The van der Waals surface area contributed by atoms with Crippen molar-refractivity contribution >= 4 is 17.4 Å². The summed E-state index contributed by atoms with van der Waals surface area (Å²) < 4.78 is 5.02. The smallest absolute Gasteiger partial charge is 0.250 e. The van der Waals surface area contributed by atoms with Crippen molar-refractivity contribution in [3.05, 3.63) is 18.3 Å². The molecule has 1 aromatic rings. The van der Waals surface area contributed by atoms with Crippen LogP contribution in [0.4, 0.5) is 11.5 Å². The van der Waals surface area contributed by atoms with E-state index in [4.69, 9.17) is 4.74 Å². The van der Waals surface area contributed by atoms with Gasteiger partial charge in [-0.2, -0.15) is 0 Å². The van der Waals surface area contributed by atoms with Crippen molar-refractivity contribution in [3.63, 3.8) is 0 Å². The molecule has 5 heteroatoms. The molecule has 1 heterocycles. The molecule has 0 atom stereocenters. The van der Waals surface area contributed by atoms with E-state index in [1.165, 1.54) is 0 Å². The predicted octanol–water partition coefficient (Wildman–Crippen LogP) is 1.90. The fourth-order valence-corrected chi connectivity index (χ4v) is 1.59. The van der Waals surface area contributed by atoms with Crippen molar-refractivity contribution in [1.29, 1.82) is 0 Å². The number of carbonyl (C=O) groups excluding carboxylic acids is 1. The number of pyridine rings is 1. The van der Waals surface area contributed by atoms with E-state index in [9.17, 15) is 4.79 Å². The van der Waals surface area contributed by atoms with Crippen LogP contribution in [0, 0.1) is 0 Å². The molecule has 0 unspecified atom stereocenters. The Morgan fingerprint density at radius 1 is 1.33 bits per heavy atom. The lowest BCUT2D eigenvalue weighted by Crippen LogP contribution is -2.23. The van der Waals surface area contributed by atoms with Crippen molar-refractivity contribution in [2.75, 3.05) is 36.5 Å². The summed E-state index contributed by atoms with van der Waals surface area (Å²) in [5, 5.41) is 2.73. The van der Waals surface area contributed by atoms with Gasteiger partial charge in [-0.05, 0) is 32.9 Å². The standard InChI is InChI=1S/C13H21N3O2/c1-4-16(5-2)12-8-7-11(9-14-12)15-13(17)10-18-6-3/h7-9H,4-6,10H2,1-3H3,(H,15,17). The molecule has 1 amide bonds. The number of anilines is 2. The second-order valence-corrected chi connectivity index (χ2v) is 3.76. The maximum atomic E-state index is 11.4. The molecule has 1 N–H and O–H groups in total. The average Bonchev–Trinajstić information content (AvgIpc) is 2.40. The third-order valence-corrected chi connectivity index (χ3v) is 2.56. The normalized spacial score (nSPS) is 10.2. The van der Waals surface area contributed by atoms with Crippen LogP contribution >= 0.6 is 0 Å². The second kappa shape index (κ2) is 7.66. The van der Waals surface area contributed by atoms with E-state index in [0.29, 0.717) is 12.3 Å². The number of carbonyl (C=O) groups is 1. The molecule has 0 aliphatic carbocycles. The molecule has 0 spiro atoms. The Morgan fingerprint density at radius 3 is 2.56 bits per heavy atom. The Balaban J connectivity index is 2.57. The molecule has 0 saturated heterocycles. The molecule has 100 valence electrons. The molecule has 0 aliphatic heterocycles. The summed E-state index contributed by atoms with van der Waals surface area (Å²) in [6.45, 7) is 8.47. The van der Waals surface area contributed by atoms with E-state index in [0.717, 1.165) is 18.9 Å². The Morgan fingerprint density at radius 2 is 2.06 bits per heavy atom. The number of aromatic nitrogens is 1. The highest BCUT2D eigenvalue weighted by atomic mass is 16.5. The van der Waals surface area contributed by atoms with E-state index in [1.807, 2.05) is 19.1 Å². The Bertz CT molecular complexity index is 361. The Hall–Kier alpha value is -1.62. The zero-order chi connectivity index (χ0) is 13.4. The van der Waals surface area contributed by atoms with Gasteiger partial charge in [-0.1, -0.05) is 0 Å². The van der Waals surface area contributed by atoms with Gasteiger partial charge in [0.05, 0.1) is 11.9 Å². The molecule has 0 fully saturated rings. The lowest BCUT2D eigenvalue weighted by molar-refractivity contribution is -0.120. The third kappa shape index (κ3) is 4.33. The van der Waals surface area contributed by atoms with Crippen LogP contribution in [0.25, 0.3) is 0 Å². The summed E-state index contributed by atoms with van der Waals surface area (Å²) in [5.74, 6) is 0.761. The second-order valence-electron chi connectivity index (χ2n) is 3.76. The molecule has 0 aromatic carbocycles. The maximum absolute atomic E-state index is 11.4. The molecule has 18 heavy (non-hydrogen) atoms. The van der Waals surface area contributed by atoms with Crippen LogP contribution in [0.5, 0.6) is 0 Å². The van der Waals surface area contributed by atoms with Crippen molar-refractivity contribution in [3.8, 4) is 0 Å². The number of hydrogen-bond donors (Lipinski definition) is 1. The first-order valence-corrected chi connectivity index (χ1v) is 6.29. The van der Waals surface area contributed by atoms with Gasteiger partial charge in [-0.15, -0.1) is 0 Å². The van der Waals surface area contributed by atoms with Crippen molar-refractivity contribution in [1.82, 2.24) is 4.98 Å². The highest BCUT2D eigenvalue weighted by Crippen LogP contribution is 2.13. The quantitative estimate of drug-likeness (QED) is 0.804. The summed E-state index contributed by atoms with van der Waals surface area (Å²) in [4.78, 5) is 17.9. The summed E-state index contributed by atoms with van der Waals surface area (Å²) in [5.41, 5.74) is 0.690. The van der Waals surface area contributed by atoms with Gasteiger partial charge in [0, 0.05) is 19.7 Å². The minimum Gasteiger partial charge on any atom is -0.372 e. The van der Waals surface area contributed by atoms with Crippen molar-refractivity contribution in [2.45, 2.75) is 20.8 Å². The zero-order valence-corrected chi connectivity index (χ0v) is 11.3. The van der Waals surface area contributed by atoms with E-state index < -0.39 is 0 Å². The van der Waals surface area contributed by atoms with Crippen LogP contribution in [0.1, 0.15) is 20.8 Å². The summed E-state index contributed by atoms with van der Waals surface area (Å²) in [7, 11) is 0. The topological polar surface area (TPSA) is 54.5 Å². The first-order valence-electron chi connectivity index (χ1n) is 6.29. The van der Waals surface area contributed by atoms with Crippen LogP contribution in [-0.2, 0) is 9.53 Å². The molecular weight excluding hydrogens is 230 g/mol. The van der Waals surface area contributed by atoms with E-state index in [1.54, 1.807) is 6.20 Å². The third-order valence-electron chi connectivity index (χ3n) is 2.56. The maximum Gasteiger partial charge on any atom is 0.250 e. The van der Waals surface area contributed by atoms with E-state index in [2.05, 4.69) is 29.0 Å². The van der Waals surface area contributed by atoms with Gasteiger partial charge in [0.15, 0.2) is 0 Å². The summed E-state index contributed by atoms with van der Waals surface area (Å²) in [6.07, 6.45) is 1.66. The van der Waals surface area contributed by atoms with Crippen molar-refractivity contribution in [2.24, 2.45) is 0 Å². The van der Waals surface area contributed by atoms with Gasteiger partial charge in [0.1, 0.15) is 12.4 Å². The number of nitrogens with zero attached hydrogens (tertiary/aromatic N) is 2. The molecule has 1 rings (SSSR count). The molecule has 0 saturated carbocycles. The summed E-state index contributed by atoms with van der Waals surface area (Å²) in [6, 6.07) is 3.76. The monoisotopic (exact) mass is 251 g/mol. The minimum absolute atomic E-state index is 0.0777. The van der Waals surface area contributed by atoms with Gasteiger partial charge in [-0.3, -0.25) is 4.79 Å². The van der Waals surface area contributed by atoms with Crippen molar-refractivity contribution < 1.29 is 9.53 Å². The zero-order valence-electron chi connectivity index (χ0n) is 11.3. The van der Waals surface area contributed by atoms with Crippen LogP contribution in [0.2, 0.25) is 0 Å². The Kier molecular flexibility index (Phi) is 6.14. The van der Waals surface area contributed by atoms with Gasteiger partial charge >= 0.3 is 0 Å². The molecular formula is C13H21N3O2. The lowest BCUT2D eigenvalue weighted by atomic mass is 10.3. The molecule has 0 bridgehead atoms. The number of rotatable bonds is 7. The highest BCUT2D eigenvalue weighted by Gasteiger charge is 2.05. The molecule has 5 nitrogen and oxygen atoms in total. The molecule has 0 aliphatic rings. The van der Waals surface area contributed by atoms with Crippen LogP contribution in [0.15, 0.2) is 18.3 Å². The number of nitrogens with one attached hydrogen (secondary N) is 1. The highest BCUT2D eigenvalue weighted by molar-refractivity contribution is 5.91. The van der Waals surface area contributed by atoms with Gasteiger partial charge in [0.25, 0.3) is 0 Å². The summed E-state index contributed by atoms with van der Waals surface area (Å²) >= 11 is 0. The van der Waals surface area contributed by atoms with Gasteiger partial charge in [0.2, 0.25) is 5.91 Å². The van der Waals surface area contributed by atoms with Crippen LogP contribution < -0.4 is 10.2 Å². The van der Waals surface area contributed by atoms with Gasteiger partial charge in [-0.25, -0.2) is 4.98 Å². The largest absolute Gasteiger partial charge is 0.372 e. The first kappa shape index (κ1) is 14.4. The molecule has 1 aromatic heterocycles. The number of amides is 1. The van der Waals surface area contributed by atoms with E-state index >= 15 is 0 Å². The van der Waals surface area contributed by atoms with Crippen LogP contribution in [0.3, 0.4) is 0 Å². The number of hydrogen-bond acceptors (Lipinski definition) is 4. The van der Waals surface area contributed by atoms with Gasteiger partial charge < -0.3 is 15.0 Å². The SMILES string of the molecule is CCOCC(=O)Nc1ccc(N(CC)CC)nc1. The average molecular weight is 251 g/mol. The fourth-order valence-electron chi connectivity index (χ4n) is 1.59. The first-order chi connectivity index (χ1) is 8.71.